The molecule has 1 aromatic rings. The molecule has 1 heterocycles. The summed E-state index contributed by atoms with van der Waals surface area (Å²) in [6.45, 7) is 2.10. The number of nitrogens with one attached hydrogen (secondary N) is 1. The Morgan fingerprint density at radius 1 is 1.05 bits per heavy atom. The van der Waals surface area contributed by atoms with Crippen LogP contribution in [0.3, 0.4) is 0 Å². The van der Waals surface area contributed by atoms with E-state index in [4.69, 9.17) is 9.47 Å². The third-order valence-corrected chi connectivity index (χ3v) is 4.50. The Balaban J connectivity index is 1.49. The van der Waals surface area contributed by atoms with Crippen LogP contribution in [-0.2, 0) is 11.2 Å². The zero-order valence-electron chi connectivity index (χ0n) is 13.1. The molecule has 1 aliphatic heterocycles. The average Bonchev–Trinajstić information content (AvgIpc) is 2.80. The van der Waals surface area contributed by atoms with Gasteiger partial charge in [0, 0.05) is 18.9 Å². The first kappa shape index (κ1) is 15.2. The van der Waals surface area contributed by atoms with Gasteiger partial charge in [0.1, 0.15) is 0 Å². The molecule has 4 nitrogen and oxygen atoms in total. The van der Waals surface area contributed by atoms with Crippen LogP contribution in [-0.4, -0.2) is 25.7 Å². The van der Waals surface area contributed by atoms with E-state index in [1.165, 1.54) is 24.8 Å². The fourth-order valence-corrected chi connectivity index (χ4v) is 3.20. The van der Waals surface area contributed by atoms with E-state index in [2.05, 4.69) is 11.4 Å². The second-order valence-electron chi connectivity index (χ2n) is 6.21. The molecule has 1 saturated carbocycles. The first-order valence-corrected chi connectivity index (χ1v) is 8.49. The SMILES string of the molecule is O=C(NCCc1ccc2c(c1)OCCCO2)C1CCCCC1. The van der Waals surface area contributed by atoms with Crippen LogP contribution in [0.1, 0.15) is 44.1 Å². The van der Waals surface area contributed by atoms with Gasteiger partial charge in [-0.1, -0.05) is 25.3 Å². The predicted molar refractivity (Wildman–Crippen MR) is 85.3 cm³/mol. The molecule has 0 aromatic heterocycles. The normalized spacial score (nSPS) is 18.5. The molecular weight excluding hydrogens is 278 g/mol. The van der Waals surface area contributed by atoms with Gasteiger partial charge in [0.25, 0.3) is 0 Å². The monoisotopic (exact) mass is 303 g/mol. The maximum absolute atomic E-state index is 12.1. The maximum Gasteiger partial charge on any atom is 0.223 e. The molecule has 2 aliphatic rings. The molecule has 1 N–H and O–H groups in total. The summed E-state index contributed by atoms with van der Waals surface area (Å²) in [4.78, 5) is 12.1. The summed E-state index contributed by atoms with van der Waals surface area (Å²) in [5, 5.41) is 3.08. The summed E-state index contributed by atoms with van der Waals surface area (Å²) >= 11 is 0. The van der Waals surface area contributed by atoms with Crippen LogP contribution in [0, 0.1) is 5.92 Å². The summed E-state index contributed by atoms with van der Waals surface area (Å²) in [7, 11) is 0. The third-order valence-electron chi connectivity index (χ3n) is 4.50. The largest absolute Gasteiger partial charge is 0.490 e. The Bertz CT molecular complexity index is 509. The molecule has 0 spiro atoms. The second kappa shape index (κ2) is 7.52. The van der Waals surface area contributed by atoms with Crippen LogP contribution in [0.15, 0.2) is 18.2 Å². The van der Waals surface area contributed by atoms with Crippen LogP contribution < -0.4 is 14.8 Å². The Kier molecular flexibility index (Phi) is 5.20. The highest BCUT2D eigenvalue weighted by atomic mass is 16.5. The Hall–Kier alpha value is -1.71. The molecule has 0 bridgehead atoms. The number of ether oxygens (including phenoxy) is 2. The summed E-state index contributed by atoms with van der Waals surface area (Å²) in [6, 6.07) is 6.06. The maximum atomic E-state index is 12.1. The number of benzene rings is 1. The van der Waals surface area contributed by atoms with Crippen LogP contribution in [0.25, 0.3) is 0 Å². The minimum absolute atomic E-state index is 0.231. The zero-order chi connectivity index (χ0) is 15.2. The Labute approximate surface area is 132 Å². The zero-order valence-corrected chi connectivity index (χ0v) is 13.1. The lowest BCUT2D eigenvalue weighted by Gasteiger charge is -2.20. The van der Waals surface area contributed by atoms with Gasteiger partial charge in [-0.05, 0) is 37.0 Å². The van der Waals surface area contributed by atoms with Crippen molar-refractivity contribution in [1.29, 1.82) is 0 Å². The lowest BCUT2D eigenvalue weighted by molar-refractivity contribution is -0.125. The van der Waals surface area contributed by atoms with E-state index >= 15 is 0 Å². The summed E-state index contributed by atoms with van der Waals surface area (Å²) in [5.74, 6) is 2.12. The van der Waals surface area contributed by atoms with Gasteiger partial charge in [-0.3, -0.25) is 4.79 Å². The van der Waals surface area contributed by atoms with Crippen LogP contribution in [0.5, 0.6) is 11.5 Å². The molecule has 22 heavy (non-hydrogen) atoms. The van der Waals surface area contributed by atoms with E-state index in [-0.39, 0.29) is 11.8 Å². The number of rotatable bonds is 4. The number of carbonyl (C=O) groups is 1. The van der Waals surface area contributed by atoms with Gasteiger partial charge in [-0.25, -0.2) is 0 Å². The van der Waals surface area contributed by atoms with E-state index in [9.17, 15) is 4.79 Å². The molecule has 0 saturated heterocycles. The van der Waals surface area contributed by atoms with Crippen molar-refractivity contribution in [2.45, 2.75) is 44.9 Å². The van der Waals surface area contributed by atoms with Crippen molar-refractivity contribution in [3.05, 3.63) is 23.8 Å². The van der Waals surface area contributed by atoms with Crippen molar-refractivity contribution < 1.29 is 14.3 Å². The third kappa shape index (κ3) is 3.93. The number of amides is 1. The topological polar surface area (TPSA) is 47.6 Å². The van der Waals surface area contributed by atoms with Gasteiger partial charge < -0.3 is 14.8 Å². The predicted octanol–water partition coefficient (Wildman–Crippen LogP) is 3.09. The van der Waals surface area contributed by atoms with Crippen molar-refractivity contribution in [2.24, 2.45) is 5.92 Å². The highest BCUT2D eigenvalue weighted by Crippen LogP contribution is 2.30. The number of hydrogen-bond donors (Lipinski definition) is 1. The molecule has 0 radical (unpaired) electrons. The van der Waals surface area contributed by atoms with Gasteiger partial charge in [0.2, 0.25) is 5.91 Å². The van der Waals surface area contributed by atoms with Crippen LogP contribution >= 0.6 is 0 Å². The van der Waals surface area contributed by atoms with Gasteiger partial charge in [-0.2, -0.15) is 0 Å². The van der Waals surface area contributed by atoms with Crippen molar-refractivity contribution in [2.75, 3.05) is 19.8 Å². The molecule has 3 rings (SSSR count). The van der Waals surface area contributed by atoms with E-state index < -0.39 is 0 Å². The van der Waals surface area contributed by atoms with Crippen molar-refractivity contribution in [3.63, 3.8) is 0 Å². The molecule has 1 aromatic carbocycles. The van der Waals surface area contributed by atoms with E-state index in [0.29, 0.717) is 19.8 Å². The van der Waals surface area contributed by atoms with Gasteiger partial charge >= 0.3 is 0 Å². The van der Waals surface area contributed by atoms with E-state index in [1.807, 2.05) is 12.1 Å². The highest BCUT2D eigenvalue weighted by molar-refractivity contribution is 5.78. The van der Waals surface area contributed by atoms with Crippen molar-refractivity contribution in [3.8, 4) is 11.5 Å². The summed E-state index contributed by atoms with van der Waals surface area (Å²) in [5.41, 5.74) is 1.17. The standard InChI is InChI=1S/C18H25NO3/c20-18(15-5-2-1-3-6-15)19-10-9-14-7-8-16-17(13-14)22-12-4-11-21-16/h7-8,13,15H,1-6,9-12H2,(H,19,20). The minimum Gasteiger partial charge on any atom is -0.490 e. The molecule has 4 heteroatoms. The van der Waals surface area contributed by atoms with Crippen molar-refractivity contribution >= 4 is 5.91 Å². The number of carbonyl (C=O) groups excluding carboxylic acids is 1. The molecular formula is C18H25NO3. The molecule has 0 atom stereocenters. The van der Waals surface area contributed by atoms with Gasteiger partial charge in [-0.15, -0.1) is 0 Å². The molecule has 1 amide bonds. The molecule has 1 fully saturated rings. The number of hydrogen-bond acceptors (Lipinski definition) is 3. The Morgan fingerprint density at radius 2 is 1.82 bits per heavy atom. The smallest absolute Gasteiger partial charge is 0.223 e. The fourth-order valence-electron chi connectivity index (χ4n) is 3.20. The van der Waals surface area contributed by atoms with Crippen LogP contribution in [0.2, 0.25) is 0 Å². The van der Waals surface area contributed by atoms with Gasteiger partial charge in [0.05, 0.1) is 13.2 Å². The second-order valence-corrected chi connectivity index (χ2v) is 6.21. The summed E-state index contributed by atoms with van der Waals surface area (Å²) in [6.07, 6.45) is 7.52. The molecule has 0 unspecified atom stereocenters. The van der Waals surface area contributed by atoms with Gasteiger partial charge in [0.15, 0.2) is 11.5 Å². The molecule has 120 valence electrons. The van der Waals surface area contributed by atoms with E-state index in [0.717, 1.165) is 37.2 Å². The first-order chi connectivity index (χ1) is 10.8. The quantitative estimate of drug-likeness (QED) is 0.930. The first-order valence-electron chi connectivity index (χ1n) is 8.49. The number of fused-ring (bicyclic) bond motifs is 1. The average molecular weight is 303 g/mol. The minimum atomic E-state index is 0.231. The highest BCUT2D eigenvalue weighted by Gasteiger charge is 2.20. The van der Waals surface area contributed by atoms with Crippen LogP contribution in [0.4, 0.5) is 0 Å². The molecule has 1 aliphatic carbocycles. The Morgan fingerprint density at radius 3 is 2.64 bits per heavy atom. The summed E-state index contributed by atoms with van der Waals surface area (Å²) < 4.78 is 11.3. The van der Waals surface area contributed by atoms with Crippen molar-refractivity contribution in [1.82, 2.24) is 5.32 Å². The lowest BCUT2D eigenvalue weighted by atomic mass is 9.88. The fraction of sp³-hybridized carbons (Fsp3) is 0.611. The lowest BCUT2D eigenvalue weighted by Crippen LogP contribution is -2.33. The van der Waals surface area contributed by atoms with E-state index in [1.54, 1.807) is 0 Å².